The highest BCUT2D eigenvalue weighted by Crippen LogP contribution is 2.40. The molecule has 2 nitrogen and oxygen atoms in total. The Bertz CT molecular complexity index is 625. The molecular weight excluding hydrogens is 256 g/mol. The number of nitrogens with zero attached hydrogens (tertiary/aromatic N) is 2. The third-order valence-electron chi connectivity index (χ3n) is 3.54. The predicted molar refractivity (Wildman–Crippen MR) is 78.7 cm³/mol. The summed E-state index contributed by atoms with van der Waals surface area (Å²) in [5, 5.41) is 0.589. The van der Waals surface area contributed by atoms with Gasteiger partial charge in [0.15, 0.2) is 0 Å². The lowest BCUT2D eigenvalue weighted by Crippen LogP contribution is -2.00. The molecule has 3 rings (SSSR count). The van der Waals surface area contributed by atoms with E-state index in [0.29, 0.717) is 11.1 Å². The van der Waals surface area contributed by atoms with Crippen LogP contribution in [0.5, 0.6) is 0 Å². The molecule has 98 valence electrons. The average Bonchev–Trinajstić information content (AvgIpc) is 3.15. The van der Waals surface area contributed by atoms with Gasteiger partial charge in [-0.15, -0.1) is 0 Å². The van der Waals surface area contributed by atoms with Crippen molar-refractivity contribution < 1.29 is 0 Å². The second-order valence-corrected chi connectivity index (χ2v) is 5.85. The summed E-state index contributed by atoms with van der Waals surface area (Å²) in [6, 6.07) is 6.49. The number of aromatic nitrogens is 2. The highest BCUT2D eigenvalue weighted by atomic mass is 35.5. The zero-order chi connectivity index (χ0) is 13.6. The summed E-state index contributed by atoms with van der Waals surface area (Å²) in [5.74, 6) is 1.42. The Balaban J connectivity index is 2.17. The molecule has 1 fully saturated rings. The molecule has 19 heavy (non-hydrogen) atoms. The van der Waals surface area contributed by atoms with Crippen molar-refractivity contribution in [2.45, 2.75) is 39.5 Å². The van der Waals surface area contributed by atoms with Crippen molar-refractivity contribution in [1.29, 1.82) is 0 Å². The second-order valence-electron chi connectivity index (χ2n) is 5.50. The molecule has 0 spiro atoms. The van der Waals surface area contributed by atoms with Crippen molar-refractivity contribution in [3.8, 4) is 11.3 Å². The van der Waals surface area contributed by atoms with Gasteiger partial charge >= 0.3 is 0 Å². The Hall–Kier alpha value is -1.41. The van der Waals surface area contributed by atoms with Gasteiger partial charge in [0.05, 0.1) is 5.69 Å². The first kappa shape index (κ1) is 12.6. The van der Waals surface area contributed by atoms with Crippen LogP contribution in [0.15, 0.2) is 18.2 Å². The molecule has 1 aromatic heterocycles. The molecule has 1 heterocycles. The average molecular weight is 273 g/mol. The molecule has 1 saturated carbocycles. The molecule has 0 aliphatic heterocycles. The van der Waals surface area contributed by atoms with Gasteiger partial charge in [-0.25, -0.2) is 9.97 Å². The molecule has 0 unspecified atom stereocenters. The van der Waals surface area contributed by atoms with Crippen LogP contribution in [0.4, 0.5) is 0 Å². The smallest absolute Gasteiger partial charge is 0.136 e. The molecule has 0 N–H and O–H groups in total. The van der Waals surface area contributed by atoms with Crippen LogP contribution in [-0.4, -0.2) is 9.97 Å². The minimum atomic E-state index is 0.516. The van der Waals surface area contributed by atoms with Gasteiger partial charge in [0.25, 0.3) is 0 Å². The first-order valence-corrected chi connectivity index (χ1v) is 7.05. The van der Waals surface area contributed by atoms with Crippen molar-refractivity contribution in [2.75, 3.05) is 0 Å². The normalized spacial score (nSPS) is 14.7. The zero-order valence-corrected chi connectivity index (χ0v) is 12.3. The third kappa shape index (κ3) is 2.50. The van der Waals surface area contributed by atoms with E-state index in [1.807, 2.05) is 6.92 Å². The van der Waals surface area contributed by atoms with E-state index in [-0.39, 0.29) is 0 Å². The van der Waals surface area contributed by atoms with Gasteiger partial charge in [-0.3, -0.25) is 0 Å². The highest BCUT2D eigenvalue weighted by molar-refractivity contribution is 6.30. The molecule has 3 heteroatoms. The number of hydrogen-bond acceptors (Lipinski definition) is 2. The topological polar surface area (TPSA) is 25.8 Å². The van der Waals surface area contributed by atoms with Crippen molar-refractivity contribution in [1.82, 2.24) is 9.97 Å². The van der Waals surface area contributed by atoms with Crippen LogP contribution in [0.25, 0.3) is 11.3 Å². The fraction of sp³-hybridized carbons (Fsp3) is 0.375. The standard InChI is InChI=1S/C16H17ClN2/c1-9-6-10(2)8-13(7-9)14-11(3)15(17)19-16(18-14)12-4-5-12/h6-8,12H,4-5H2,1-3H3. The first-order valence-electron chi connectivity index (χ1n) is 6.67. The molecule has 0 radical (unpaired) electrons. The largest absolute Gasteiger partial charge is 0.232 e. The van der Waals surface area contributed by atoms with Gasteiger partial charge in [-0.05, 0) is 45.7 Å². The summed E-state index contributed by atoms with van der Waals surface area (Å²) in [5.41, 5.74) is 5.58. The quantitative estimate of drug-likeness (QED) is 0.747. The fourth-order valence-corrected chi connectivity index (χ4v) is 2.60. The number of halogens is 1. The van der Waals surface area contributed by atoms with Gasteiger partial charge in [0.1, 0.15) is 11.0 Å². The molecule has 0 atom stereocenters. The molecule has 0 saturated heterocycles. The minimum absolute atomic E-state index is 0.516. The van der Waals surface area contributed by atoms with Gasteiger partial charge < -0.3 is 0 Å². The van der Waals surface area contributed by atoms with Crippen LogP contribution in [0.2, 0.25) is 5.15 Å². The van der Waals surface area contributed by atoms with E-state index >= 15 is 0 Å². The fourth-order valence-electron chi connectivity index (χ4n) is 2.42. The van der Waals surface area contributed by atoms with Crippen LogP contribution in [0.3, 0.4) is 0 Å². The molecule has 1 aliphatic carbocycles. The molecule has 1 aromatic carbocycles. The molecule has 2 aromatic rings. The zero-order valence-electron chi connectivity index (χ0n) is 11.5. The Labute approximate surface area is 118 Å². The summed E-state index contributed by atoms with van der Waals surface area (Å²) in [6.45, 7) is 6.21. The summed E-state index contributed by atoms with van der Waals surface area (Å²) in [6.07, 6.45) is 2.37. The summed E-state index contributed by atoms with van der Waals surface area (Å²) in [4.78, 5) is 9.17. The molecule has 0 bridgehead atoms. The van der Waals surface area contributed by atoms with Crippen LogP contribution in [0, 0.1) is 20.8 Å². The first-order chi connectivity index (χ1) is 9.04. The van der Waals surface area contributed by atoms with Crippen molar-refractivity contribution in [3.05, 3.63) is 45.9 Å². The predicted octanol–water partition coefficient (Wildman–Crippen LogP) is 4.60. The Morgan fingerprint density at radius 3 is 2.21 bits per heavy atom. The van der Waals surface area contributed by atoms with E-state index in [1.54, 1.807) is 0 Å². The highest BCUT2D eigenvalue weighted by Gasteiger charge is 2.28. The number of rotatable bonds is 2. The van der Waals surface area contributed by atoms with Crippen molar-refractivity contribution in [3.63, 3.8) is 0 Å². The minimum Gasteiger partial charge on any atom is -0.232 e. The van der Waals surface area contributed by atoms with Crippen LogP contribution in [-0.2, 0) is 0 Å². The van der Waals surface area contributed by atoms with Gasteiger partial charge in [0, 0.05) is 17.0 Å². The van der Waals surface area contributed by atoms with E-state index in [4.69, 9.17) is 16.6 Å². The molecule has 1 aliphatic rings. The Morgan fingerprint density at radius 1 is 1.00 bits per heavy atom. The van der Waals surface area contributed by atoms with Crippen LogP contribution >= 0.6 is 11.6 Å². The lowest BCUT2D eigenvalue weighted by molar-refractivity contribution is 0.922. The second kappa shape index (κ2) is 4.61. The van der Waals surface area contributed by atoms with E-state index in [2.05, 4.69) is 37.0 Å². The van der Waals surface area contributed by atoms with E-state index < -0.39 is 0 Å². The Kier molecular flexibility index (Phi) is 3.06. The van der Waals surface area contributed by atoms with E-state index in [1.165, 1.54) is 24.0 Å². The maximum absolute atomic E-state index is 6.27. The number of hydrogen-bond donors (Lipinski definition) is 0. The third-order valence-corrected chi connectivity index (χ3v) is 3.91. The lowest BCUT2D eigenvalue weighted by atomic mass is 10.0. The van der Waals surface area contributed by atoms with Crippen LogP contribution in [0.1, 0.15) is 41.3 Å². The summed E-state index contributed by atoms with van der Waals surface area (Å²) < 4.78 is 0. The molecular formula is C16H17ClN2. The van der Waals surface area contributed by atoms with E-state index in [9.17, 15) is 0 Å². The summed E-state index contributed by atoms with van der Waals surface area (Å²) in [7, 11) is 0. The Morgan fingerprint density at radius 2 is 1.63 bits per heavy atom. The van der Waals surface area contributed by atoms with Crippen LogP contribution < -0.4 is 0 Å². The number of aryl methyl sites for hydroxylation is 2. The van der Waals surface area contributed by atoms with Gasteiger partial charge in [-0.2, -0.15) is 0 Å². The maximum Gasteiger partial charge on any atom is 0.136 e. The van der Waals surface area contributed by atoms with E-state index in [0.717, 1.165) is 22.6 Å². The van der Waals surface area contributed by atoms with Crippen molar-refractivity contribution >= 4 is 11.6 Å². The van der Waals surface area contributed by atoms with Gasteiger partial charge in [0.2, 0.25) is 0 Å². The SMILES string of the molecule is Cc1cc(C)cc(-c2nc(C3CC3)nc(Cl)c2C)c1. The number of benzene rings is 1. The monoisotopic (exact) mass is 272 g/mol. The van der Waals surface area contributed by atoms with Gasteiger partial charge in [-0.1, -0.05) is 28.8 Å². The molecule has 0 amide bonds. The maximum atomic E-state index is 6.27. The lowest BCUT2D eigenvalue weighted by Gasteiger charge is -2.10. The van der Waals surface area contributed by atoms with Crippen molar-refractivity contribution in [2.24, 2.45) is 0 Å². The summed E-state index contributed by atoms with van der Waals surface area (Å²) >= 11 is 6.27.